The SMILES string of the molecule is CCCCC[C@@H](c1ccc(Cl)c(Cl)c1)N1CCNCC1. The summed E-state index contributed by atoms with van der Waals surface area (Å²) in [7, 11) is 0. The van der Waals surface area contributed by atoms with Crippen molar-refractivity contribution in [2.45, 2.75) is 38.6 Å². The Morgan fingerprint density at radius 1 is 1.15 bits per heavy atom. The van der Waals surface area contributed by atoms with Crippen LogP contribution in [0, 0.1) is 0 Å². The molecule has 1 aliphatic rings. The van der Waals surface area contributed by atoms with E-state index in [9.17, 15) is 0 Å². The zero-order chi connectivity index (χ0) is 14.4. The van der Waals surface area contributed by atoms with E-state index in [4.69, 9.17) is 23.2 Å². The molecule has 2 nitrogen and oxygen atoms in total. The standard InChI is InChI=1S/C16H24Cl2N2/c1-2-3-4-5-16(20-10-8-19-9-11-20)13-6-7-14(17)15(18)12-13/h6-7,12,16,19H,2-5,8-11H2,1H3/t16-/m0/s1. The second-order valence-corrected chi connectivity index (χ2v) is 6.29. The number of unbranched alkanes of at least 4 members (excludes halogenated alkanes) is 2. The topological polar surface area (TPSA) is 15.3 Å². The van der Waals surface area contributed by atoms with Crippen LogP contribution in [0.3, 0.4) is 0 Å². The van der Waals surface area contributed by atoms with Crippen molar-refractivity contribution in [2.24, 2.45) is 0 Å². The zero-order valence-electron chi connectivity index (χ0n) is 12.2. The minimum Gasteiger partial charge on any atom is -0.314 e. The first kappa shape index (κ1) is 16.1. The predicted octanol–water partition coefficient (Wildman–Crippen LogP) is 4.52. The number of piperazine rings is 1. The van der Waals surface area contributed by atoms with Crippen LogP contribution in [0.15, 0.2) is 18.2 Å². The van der Waals surface area contributed by atoms with Crippen LogP contribution in [0.2, 0.25) is 10.0 Å². The average Bonchev–Trinajstić information content (AvgIpc) is 2.48. The fourth-order valence-corrected chi connectivity index (χ4v) is 3.17. The van der Waals surface area contributed by atoms with E-state index in [-0.39, 0.29) is 0 Å². The number of hydrogen-bond acceptors (Lipinski definition) is 2. The first-order chi connectivity index (χ1) is 9.72. The van der Waals surface area contributed by atoms with Crippen molar-refractivity contribution >= 4 is 23.2 Å². The van der Waals surface area contributed by atoms with E-state index >= 15 is 0 Å². The lowest BCUT2D eigenvalue weighted by Crippen LogP contribution is -2.45. The number of halogens is 2. The molecule has 20 heavy (non-hydrogen) atoms. The summed E-state index contributed by atoms with van der Waals surface area (Å²) in [5.74, 6) is 0. The van der Waals surface area contributed by atoms with Crippen molar-refractivity contribution in [1.29, 1.82) is 0 Å². The fourth-order valence-electron chi connectivity index (χ4n) is 2.86. The molecule has 1 aromatic rings. The van der Waals surface area contributed by atoms with Gasteiger partial charge >= 0.3 is 0 Å². The second-order valence-electron chi connectivity index (χ2n) is 5.47. The minimum atomic E-state index is 0.471. The van der Waals surface area contributed by atoms with E-state index in [0.717, 1.165) is 26.2 Å². The Hall–Kier alpha value is -0.280. The van der Waals surface area contributed by atoms with Gasteiger partial charge in [0.25, 0.3) is 0 Å². The molecule has 1 saturated heterocycles. The van der Waals surface area contributed by atoms with Crippen molar-refractivity contribution < 1.29 is 0 Å². The molecule has 1 atom stereocenters. The molecule has 0 unspecified atom stereocenters. The van der Waals surface area contributed by atoms with Crippen LogP contribution < -0.4 is 5.32 Å². The number of rotatable bonds is 6. The molecule has 1 fully saturated rings. The Morgan fingerprint density at radius 2 is 1.90 bits per heavy atom. The molecule has 1 aromatic carbocycles. The van der Waals surface area contributed by atoms with Crippen LogP contribution in [0.5, 0.6) is 0 Å². The Bertz CT molecular complexity index is 417. The molecule has 0 bridgehead atoms. The molecule has 0 aromatic heterocycles. The van der Waals surface area contributed by atoms with Crippen molar-refractivity contribution in [3.63, 3.8) is 0 Å². The van der Waals surface area contributed by atoms with Gasteiger partial charge in [-0.1, -0.05) is 55.5 Å². The summed E-state index contributed by atoms with van der Waals surface area (Å²) in [6, 6.07) is 6.57. The van der Waals surface area contributed by atoms with Crippen LogP contribution in [0.1, 0.15) is 44.2 Å². The highest BCUT2D eigenvalue weighted by molar-refractivity contribution is 6.42. The average molecular weight is 315 g/mol. The van der Waals surface area contributed by atoms with E-state index in [2.05, 4.69) is 23.2 Å². The fraction of sp³-hybridized carbons (Fsp3) is 0.625. The molecule has 0 saturated carbocycles. The second kappa shape index (κ2) is 8.23. The molecule has 1 N–H and O–H groups in total. The van der Waals surface area contributed by atoms with Gasteiger partial charge in [0.05, 0.1) is 10.0 Å². The van der Waals surface area contributed by atoms with Gasteiger partial charge < -0.3 is 5.32 Å². The third-order valence-electron chi connectivity index (χ3n) is 4.00. The van der Waals surface area contributed by atoms with Gasteiger partial charge in [-0.3, -0.25) is 4.90 Å². The Kier molecular flexibility index (Phi) is 6.63. The summed E-state index contributed by atoms with van der Waals surface area (Å²) in [6.07, 6.45) is 5.02. The lowest BCUT2D eigenvalue weighted by Gasteiger charge is -2.35. The molecule has 1 heterocycles. The van der Waals surface area contributed by atoms with E-state index in [1.807, 2.05) is 12.1 Å². The summed E-state index contributed by atoms with van der Waals surface area (Å²) in [4.78, 5) is 2.58. The van der Waals surface area contributed by atoms with Crippen LogP contribution in [0.25, 0.3) is 0 Å². The molecule has 0 aliphatic carbocycles. The third-order valence-corrected chi connectivity index (χ3v) is 4.74. The zero-order valence-corrected chi connectivity index (χ0v) is 13.7. The van der Waals surface area contributed by atoms with Gasteiger partial charge in [0.15, 0.2) is 0 Å². The highest BCUT2D eigenvalue weighted by Gasteiger charge is 2.22. The van der Waals surface area contributed by atoms with Crippen LogP contribution in [-0.4, -0.2) is 31.1 Å². The minimum absolute atomic E-state index is 0.471. The van der Waals surface area contributed by atoms with Gasteiger partial charge in [-0.25, -0.2) is 0 Å². The Labute approximate surface area is 132 Å². The number of hydrogen-bond donors (Lipinski definition) is 1. The highest BCUT2D eigenvalue weighted by Crippen LogP contribution is 2.31. The van der Waals surface area contributed by atoms with Gasteiger partial charge in [0.1, 0.15) is 0 Å². The van der Waals surface area contributed by atoms with Crippen LogP contribution in [0.4, 0.5) is 0 Å². The predicted molar refractivity (Wildman–Crippen MR) is 87.8 cm³/mol. The van der Waals surface area contributed by atoms with Crippen LogP contribution in [-0.2, 0) is 0 Å². The van der Waals surface area contributed by atoms with Gasteiger partial charge in [-0.05, 0) is 24.1 Å². The van der Waals surface area contributed by atoms with Gasteiger partial charge in [0, 0.05) is 32.2 Å². The number of benzene rings is 1. The summed E-state index contributed by atoms with van der Waals surface area (Å²) in [5.41, 5.74) is 1.30. The molecule has 0 spiro atoms. The van der Waals surface area contributed by atoms with Gasteiger partial charge in [0.2, 0.25) is 0 Å². The first-order valence-corrected chi connectivity index (χ1v) is 8.37. The molecule has 0 amide bonds. The van der Waals surface area contributed by atoms with E-state index in [0.29, 0.717) is 16.1 Å². The van der Waals surface area contributed by atoms with Crippen LogP contribution >= 0.6 is 23.2 Å². The van der Waals surface area contributed by atoms with Crippen molar-refractivity contribution in [1.82, 2.24) is 10.2 Å². The maximum atomic E-state index is 6.20. The largest absolute Gasteiger partial charge is 0.314 e. The summed E-state index contributed by atoms with van der Waals surface area (Å²) < 4.78 is 0. The normalized spacial score (nSPS) is 18.1. The van der Waals surface area contributed by atoms with Gasteiger partial charge in [-0.15, -0.1) is 0 Å². The van der Waals surface area contributed by atoms with Crippen molar-refractivity contribution in [3.8, 4) is 0 Å². The molecule has 4 heteroatoms. The monoisotopic (exact) mass is 314 g/mol. The molecular formula is C16H24Cl2N2. The summed E-state index contributed by atoms with van der Waals surface area (Å²) in [5, 5.41) is 4.73. The number of nitrogens with one attached hydrogen (secondary N) is 1. The number of nitrogens with zero attached hydrogens (tertiary/aromatic N) is 1. The third kappa shape index (κ3) is 4.36. The Morgan fingerprint density at radius 3 is 2.55 bits per heavy atom. The van der Waals surface area contributed by atoms with E-state index < -0.39 is 0 Å². The molecule has 112 valence electrons. The smallest absolute Gasteiger partial charge is 0.0595 e. The molecular weight excluding hydrogens is 291 g/mol. The van der Waals surface area contributed by atoms with E-state index in [1.54, 1.807) is 0 Å². The van der Waals surface area contributed by atoms with E-state index in [1.165, 1.54) is 31.2 Å². The van der Waals surface area contributed by atoms with Crippen molar-refractivity contribution in [3.05, 3.63) is 33.8 Å². The lowest BCUT2D eigenvalue weighted by molar-refractivity contribution is 0.163. The highest BCUT2D eigenvalue weighted by atomic mass is 35.5. The molecule has 1 aliphatic heterocycles. The lowest BCUT2D eigenvalue weighted by atomic mass is 9.98. The maximum Gasteiger partial charge on any atom is 0.0595 e. The van der Waals surface area contributed by atoms with Crippen molar-refractivity contribution in [2.75, 3.05) is 26.2 Å². The van der Waals surface area contributed by atoms with Gasteiger partial charge in [-0.2, -0.15) is 0 Å². The molecule has 0 radical (unpaired) electrons. The quantitative estimate of drug-likeness (QED) is 0.777. The maximum absolute atomic E-state index is 6.20. The first-order valence-electron chi connectivity index (χ1n) is 7.62. The molecule has 2 rings (SSSR count). The summed E-state index contributed by atoms with van der Waals surface area (Å²) >= 11 is 12.2. The Balaban J connectivity index is 2.12. The summed E-state index contributed by atoms with van der Waals surface area (Å²) in [6.45, 7) is 6.62.